The molecule has 0 aromatic heterocycles. The van der Waals surface area contributed by atoms with Crippen LogP contribution in [0.3, 0.4) is 0 Å². The van der Waals surface area contributed by atoms with Gasteiger partial charge in [-0.1, -0.05) is 0 Å². The highest BCUT2D eigenvalue weighted by molar-refractivity contribution is 9.10. The van der Waals surface area contributed by atoms with Crippen LogP contribution in [0.2, 0.25) is 0 Å². The molecule has 0 radical (unpaired) electrons. The Kier molecular flexibility index (Phi) is 4.45. The maximum absolute atomic E-state index is 10.9. The van der Waals surface area contributed by atoms with Crippen LogP contribution in [-0.2, 0) is 0 Å². The molecule has 114 valence electrons. The molecule has 1 aromatic carbocycles. The Balaban J connectivity index is 1.87. The minimum atomic E-state index is -0.346. The summed E-state index contributed by atoms with van der Waals surface area (Å²) in [5.74, 6) is 0. The van der Waals surface area contributed by atoms with Crippen molar-refractivity contribution in [3.05, 3.63) is 32.8 Å². The summed E-state index contributed by atoms with van der Waals surface area (Å²) in [6, 6.07) is 6.15. The number of halogens is 1. The molecule has 6 heteroatoms. The molecular formula is C15H20BrN3O2. The van der Waals surface area contributed by atoms with Crippen molar-refractivity contribution in [2.45, 2.75) is 44.2 Å². The Morgan fingerprint density at radius 1 is 1.29 bits per heavy atom. The van der Waals surface area contributed by atoms with Crippen LogP contribution >= 0.6 is 15.9 Å². The van der Waals surface area contributed by atoms with Gasteiger partial charge in [-0.2, -0.15) is 0 Å². The molecule has 1 N–H and O–H groups in total. The summed E-state index contributed by atoms with van der Waals surface area (Å²) < 4.78 is 0.821. The fourth-order valence-electron chi connectivity index (χ4n) is 3.56. The van der Waals surface area contributed by atoms with Crippen molar-refractivity contribution in [3.8, 4) is 0 Å². The average Bonchev–Trinajstić information content (AvgIpc) is 3.01. The number of nitro benzene ring substituents is 1. The number of nitrogens with one attached hydrogen (secondary N) is 1. The van der Waals surface area contributed by atoms with Crippen molar-refractivity contribution in [2.75, 3.05) is 18.0 Å². The third-order valence-corrected chi connectivity index (χ3v) is 5.20. The lowest BCUT2D eigenvalue weighted by molar-refractivity contribution is -0.384. The van der Waals surface area contributed by atoms with E-state index in [-0.39, 0.29) is 10.6 Å². The second-order valence-corrected chi connectivity index (χ2v) is 6.71. The van der Waals surface area contributed by atoms with Gasteiger partial charge < -0.3 is 10.2 Å². The lowest BCUT2D eigenvalue weighted by Crippen LogP contribution is -2.50. The van der Waals surface area contributed by atoms with Gasteiger partial charge in [0.15, 0.2) is 0 Å². The quantitative estimate of drug-likeness (QED) is 0.667. The van der Waals surface area contributed by atoms with Crippen LogP contribution in [0.25, 0.3) is 0 Å². The van der Waals surface area contributed by atoms with Crippen LogP contribution in [-0.4, -0.2) is 30.1 Å². The van der Waals surface area contributed by atoms with E-state index in [1.807, 2.05) is 6.07 Å². The SMILES string of the molecule is O=[N+]([O-])c1ccc(N2CCCCC2C2CCCN2)c(Br)c1. The second-order valence-electron chi connectivity index (χ2n) is 5.85. The van der Waals surface area contributed by atoms with Crippen LogP contribution in [0, 0.1) is 10.1 Å². The van der Waals surface area contributed by atoms with E-state index >= 15 is 0 Å². The summed E-state index contributed by atoms with van der Waals surface area (Å²) >= 11 is 3.52. The van der Waals surface area contributed by atoms with E-state index in [4.69, 9.17) is 0 Å². The van der Waals surface area contributed by atoms with E-state index in [1.165, 1.54) is 32.1 Å². The Morgan fingerprint density at radius 3 is 2.81 bits per heavy atom. The number of benzene rings is 1. The smallest absolute Gasteiger partial charge is 0.270 e. The standard InChI is InChI=1S/C15H20BrN3O2/c16-12-10-11(19(20)21)6-7-14(12)18-9-2-1-5-15(18)13-4-3-8-17-13/h6-7,10,13,15,17H,1-5,8-9H2. The summed E-state index contributed by atoms with van der Waals surface area (Å²) in [5.41, 5.74) is 1.22. The number of nitrogens with zero attached hydrogens (tertiary/aromatic N) is 2. The Bertz CT molecular complexity index is 532. The highest BCUT2D eigenvalue weighted by atomic mass is 79.9. The van der Waals surface area contributed by atoms with E-state index in [1.54, 1.807) is 12.1 Å². The Labute approximate surface area is 133 Å². The van der Waals surface area contributed by atoms with Gasteiger partial charge in [-0.3, -0.25) is 10.1 Å². The summed E-state index contributed by atoms with van der Waals surface area (Å²) in [4.78, 5) is 13.0. The molecule has 1 aromatic rings. The third kappa shape index (κ3) is 3.06. The maximum Gasteiger partial charge on any atom is 0.270 e. The van der Waals surface area contributed by atoms with Gasteiger partial charge in [0.2, 0.25) is 0 Å². The largest absolute Gasteiger partial charge is 0.366 e. The lowest BCUT2D eigenvalue weighted by Gasteiger charge is -2.41. The van der Waals surface area contributed by atoms with Gasteiger partial charge in [-0.15, -0.1) is 0 Å². The molecule has 5 nitrogen and oxygen atoms in total. The average molecular weight is 354 g/mol. The second kappa shape index (κ2) is 6.32. The molecule has 3 rings (SSSR count). The summed E-state index contributed by atoms with van der Waals surface area (Å²) in [7, 11) is 0. The molecule has 2 aliphatic rings. The molecule has 0 spiro atoms. The van der Waals surface area contributed by atoms with Crippen LogP contribution < -0.4 is 10.2 Å². The van der Waals surface area contributed by atoms with E-state index in [0.717, 1.165) is 23.2 Å². The number of rotatable bonds is 3. The minimum absolute atomic E-state index is 0.137. The molecular weight excluding hydrogens is 334 g/mol. The zero-order chi connectivity index (χ0) is 14.8. The zero-order valence-electron chi connectivity index (χ0n) is 11.9. The molecule has 0 aliphatic carbocycles. The molecule has 0 bridgehead atoms. The first-order valence-corrected chi connectivity index (χ1v) is 8.40. The van der Waals surface area contributed by atoms with Crippen molar-refractivity contribution < 1.29 is 4.92 Å². The third-order valence-electron chi connectivity index (χ3n) is 4.56. The zero-order valence-corrected chi connectivity index (χ0v) is 13.5. The van der Waals surface area contributed by atoms with Crippen molar-refractivity contribution in [1.29, 1.82) is 0 Å². The van der Waals surface area contributed by atoms with E-state index < -0.39 is 0 Å². The maximum atomic E-state index is 10.9. The minimum Gasteiger partial charge on any atom is -0.366 e. The van der Waals surface area contributed by atoms with Gasteiger partial charge in [-0.05, 0) is 60.6 Å². The van der Waals surface area contributed by atoms with Gasteiger partial charge in [0, 0.05) is 35.2 Å². The van der Waals surface area contributed by atoms with Crippen LogP contribution in [0.1, 0.15) is 32.1 Å². The fraction of sp³-hybridized carbons (Fsp3) is 0.600. The van der Waals surface area contributed by atoms with Crippen LogP contribution in [0.15, 0.2) is 22.7 Å². The molecule has 0 saturated carbocycles. The first-order valence-electron chi connectivity index (χ1n) is 7.61. The van der Waals surface area contributed by atoms with Crippen molar-refractivity contribution >= 4 is 27.3 Å². The molecule has 2 atom stereocenters. The van der Waals surface area contributed by atoms with Crippen molar-refractivity contribution in [1.82, 2.24) is 5.32 Å². The van der Waals surface area contributed by atoms with Gasteiger partial charge >= 0.3 is 0 Å². The summed E-state index contributed by atoms with van der Waals surface area (Å²) in [5, 5.41) is 14.5. The van der Waals surface area contributed by atoms with E-state index in [9.17, 15) is 10.1 Å². The molecule has 2 unspecified atom stereocenters. The van der Waals surface area contributed by atoms with Gasteiger partial charge in [0.05, 0.1) is 10.6 Å². The predicted molar refractivity (Wildman–Crippen MR) is 86.8 cm³/mol. The Morgan fingerprint density at radius 2 is 2.14 bits per heavy atom. The first-order chi connectivity index (χ1) is 10.2. The van der Waals surface area contributed by atoms with Gasteiger partial charge in [0.25, 0.3) is 5.69 Å². The molecule has 2 aliphatic heterocycles. The number of anilines is 1. The van der Waals surface area contributed by atoms with Crippen molar-refractivity contribution in [2.24, 2.45) is 0 Å². The molecule has 2 saturated heterocycles. The molecule has 0 amide bonds. The van der Waals surface area contributed by atoms with Crippen LogP contribution in [0.4, 0.5) is 11.4 Å². The summed E-state index contributed by atoms with van der Waals surface area (Å²) in [6.07, 6.45) is 6.12. The Hall–Kier alpha value is -1.14. The topological polar surface area (TPSA) is 58.4 Å². The van der Waals surface area contributed by atoms with E-state index in [0.29, 0.717) is 12.1 Å². The number of piperidine rings is 1. The molecule has 2 heterocycles. The number of nitro groups is 1. The summed E-state index contributed by atoms with van der Waals surface area (Å²) in [6.45, 7) is 2.13. The fourth-order valence-corrected chi connectivity index (χ4v) is 4.15. The van der Waals surface area contributed by atoms with Gasteiger partial charge in [-0.25, -0.2) is 0 Å². The normalized spacial score (nSPS) is 26.0. The highest BCUT2D eigenvalue weighted by Gasteiger charge is 2.32. The van der Waals surface area contributed by atoms with Crippen molar-refractivity contribution in [3.63, 3.8) is 0 Å². The number of hydrogen-bond acceptors (Lipinski definition) is 4. The van der Waals surface area contributed by atoms with Gasteiger partial charge in [0.1, 0.15) is 0 Å². The first kappa shape index (κ1) is 14.8. The van der Waals surface area contributed by atoms with E-state index in [2.05, 4.69) is 26.1 Å². The molecule has 2 fully saturated rings. The number of non-ortho nitro benzene ring substituents is 1. The highest BCUT2D eigenvalue weighted by Crippen LogP contribution is 2.35. The lowest BCUT2D eigenvalue weighted by atomic mass is 9.94. The van der Waals surface area contributed by atoms with Crippen LogP contribution in [0.5, 0.6) is 0 Å². The molecule has 21 heavy (non-hydrogen) atoms. The number of hydrogen-bond donors (Lipinski definition) is 1. The predicted octanol–water partition coefficient (Wildman–Crippen LogP) is 3.47. The monoisotopic (exact) mass is 353 g/mol.